The maximum absolute atomic E-state index is 13.5. The molecule has 3 N–H and O–H groups in total. The van der Waals surface area contributed by atoms with Gasteiger partial charge in [-0.25, -0.2) is 0 Å². The molecule has 0 aliphatic heterocycles. The summed E-state index contributed by atoms with van der Waals surface area (Å²) in [4.78, 5) is 64.3. The molecule has 0 fully saturated rings. The number of nitrogens with one attached hydrogen (secondary N) is 1. The number of anilines is 2. The molecule has 0 aliphatic rings. The first-order valence-corrected chi connectivity index (χ1v) is 21.2. The fraction of sp³-hybridized carbons (Fsp3) is 0.300. The van der Waals surface area contributed by atoms with E-state index >= 15 is 0 Å². The van der Waals surface area contributed by atoms with E-state index in [-0.39, 0.29) is 61.2 Å². The SMILES string of the molecule is CCOC(=O)C(COC(=O)Cc1ccc(NC(=O)c2ccccc2-c2ccc(C(F)(F)F)cc2)c(OCC)c1)(C(=O)OCC)c1ccccc1.CCOC(=O)Cc1ccc(N)c(OCC)c1. The van der Waals surface area contributed by atoms with Crippen LogP contribution in [0.25, 0.3) is 11.1 Å². The van der Waals surface area contributed by atoms with Crippen molar-refractivity contribution in [1.82, 2.24) is 0 Å². The minimum Gasteiger partial charge on any atom is -0.492 e. The van der Waals surface area contributed by atoms with Crippen molar-refractivity contribution in [3.05, 3.63) is 143 Å². The highest BCUT2D eigenvalue weighted by molar-refractivity contribution is 6.09. The first kappa shape index (κ1) is 51.3. The molecule has 0 atom stereocenters. The molecule has 5 aromatic carbocycles. The van der Waals surface area contributed by atoms with E-state index in [0.717, 1.165) is 17.7 Å². The summed E-state index contributed by atoms with van der Waals surface area (Å²) in [6.45, 7) is 9.03. The molecule has 0 aliphatic carbocycles. The largest absolute Gasteiger partial charge is 0.492 e. The van der Waals surface area contributed by atoms with Gasteiger partial charge in [0, 0.05) is 5.56 Å². The number of alkyl halides is 3. The molecule has 0 spiro atoms. The fourth-order valence-corrected chi connectivity index (χ4v) is 6.52. The number of esters is 4. The van der Waals surface area contributed by atoms with Gasteiger partial charge in [-0.1, -0.05) is 72.8 Å². The molecular weight excluding hydrogens is 862 g/mol. The van der Waals surface area contributed by atoms with E-state index in [4.69, 9.17) is 34.2 Å². The molecule has 0 heterocycles. The van der Waals surface area contributed by atoms with E-state index in [2.05, 4.69) is 5.32 Å². The predicted molar refractivity (Wildman–Crippen MR) is 241 cm³/mol. The summed E-state index contributed by atoms with van der Waals surface area (Å²) in [5.41, 5.74) is 6.32. The monoisotopic (exact) mass is 914 g/mol. The van der Waals surface area contributed by atoms with Crippen LogP contribution in [0.4, 0.5) is 24.5 Å². The fourth-order valence-electron chi connectivity index (χ4n) is 6.52. The molecule has 13 nitrogen and oxygen atoms in total. The number of hydrogen-bond donors (Lipinski definition) is 2. The second kappa shape index (κ2) is 24.6. The molecule has 0 saturated carbocycles. The average Bonchev–Trinajstić information content (AvgIpc) is 3.29. The van der Waals surface area contributed by atoms with Crippen LogP contribution in [0.15, 0.2) is 115 Å². The van der Waals surface area contributed by atoms with Crippen LogP contribution < -0.4 is 20.5 Å². The lowest BCUT2D eigenvalue weighted by atomic mass is 9.81. The van der Waals surface area contributed by atoms with Gasteiger partial charge in [-0.05, 0) is 105 Å². The number of nitrogens with two attached hydrogens (primary N) is 1. The molecule has 5 aromatic rings. The summed E-state index contributed by atoms with van der Waals surface area (Å²) in [7, 11) is 0. The van der Waals surface area contributed by atoms with Crippen LogP contribution in [-0.4, -0.2) is 69.4 Å². The Labute approximate surface area is 381 Å². The molecular formula is C50H53F3N2O11. The number of benzene rings is 5. The molecule has 0 bridgehead atoms. The molecule has 0 radical (unpaired) electrons. The third-order valence-corrected chi connectivity index (χ3v) is 9.63. The van der Waals surface area contributed by atoms with Crippen LogP contribution in [0.1, 0.15) is 67.2 Å². The van der Waals surface area contributed by atoms with Crippen molar-refractivity contribution in [2.75, 3.05) is 50.7 Å². The van der Waals surface area contributed by atoms with Crippen molar-refractivity contribution < 1.29 is 65.6 Å². The van der Waals surface area contributed by atoms with Gasteiger partial charge in [0.2, 0.25) is 5.41 Å². The Morgan fingerprint density at radius 2 is 1.09 bits per heavy atom. The van der Waals surface area contributed by atoms with Crippen molar-refractivity contribution in [3.8, 4) is 22.6 Å². The molecule has 5 rings (SSSR count). The maximum Gasteiger partial charge on any atom is 0.416 e. The number of hydrogen-bond acceptors (Lipinski definition) is 12. The Morgan fingerprint density at radius 3 is 1.67 bits per heavy atom. The predicted octanol–water partition coefficient (Wildman–Crippen LogP) is 8.95. The molecule has 0 unspecified atom stereocenters. The van der Waals surface area contributed by atoms with Crippen molar-refractivity contribution in [2.45, 2.75) is 59.1 Å². The highest BCUT2D eigenvalue weighted by atomic mass is 19.4. The van der Waals surface area contributed by atoms with Gasteiger partial charge in [0.15, 0.2) is 0 Å². The van der Waals surface area contributed by atoms with E-state index in [1.165, 1.54) is 18.2 Å². The number of nitrogen functional groups attached to an aromatic ring is 1. The minimum absolute atomic E-state index is 0.0233. The first-order chi connectivity index (χ1) is 31.6. The van der Waals surface area contributed by atoms with Crippen molar-refractivity contribution in [1.29, 1.82) is 0 Å². The van der Waals surface area contributed by atoms with Crippen LogP contribution in [-0.2, 0) is 62.6 Å². The molecule has 0 saturated heterocycles. The topological polar surface area (TPSA) is 179 Å². The zero-order valence-electron chi connectivity index (χ0n) is 37.3. The van der Waals surface area contributed by atoms with Gasteiger partial charge in [-0.15, -0.1) is 0 Å². The third kappa shape index (κ3) is 13.8. The van der Waals surface area contributed by atoms with Gasteiger partial charge in [-0.3, -0.25) is 24.0 Å². The normalized spacial score (nSPS) is 11.0. The van der Waals surface area contributed by atoms with Gasteiger partial charge < -0.3 is 39.5 Å². The van der Waals surface area contributed by atoms with Gasteiger partial charge >= 0.3 is 30.1 Å². The lowest BCUT2D eigenvalue weighted by molar-refractivity contribution is -0.170. The summed E-state index contributed by atoms with van der Waals surface area (Å²) in [6, 6.07) is 29.0. The molecule has 66 heavy (non-hydrogen) atoms. The smallest absolute Gasteiger partial charge is 0.416 e. The number of ether oxygens (including phenoxy) is 6. The quantitative estimate of drug-likeness (QED) is 0.0348. The van der Waals surface area contributed by atoms with Crippen molar-refractivity contribution in [2.24, 2.45) is 0 Å². The minimum atomic E-state index is -4.49. The summed E-state index contributed by atoms with van der Waals surface area (Å²) in [6.07, 6.45) is -4.53. The zero-order chi connectivity index (χ0) is 48.3. The Kier molecular flexibility index (Phi) is 19.1. The summed E-state index contributed by atoms with van der Waals surface area (Å²) in [5.74, 6) is -2.52. The first-order valence-electron chi connectivity index (χ1n) is 21.2. The second-order valence-corrected chi connectivity index (χ2v) is 14.2. The summed E-state index contributed by atoms with van der Waals surface area (Å²) >= 11 is 0. The van der Waals surface area contributed by atoms with Crippen LogP contribution in [0.5, 0.6) is 11.5 Å². The van der Waals surface area contributed by atoms with Gasteiger partial charge in [0.1, 0.15) is 18.1 Å². The Bertz CT molecular complexity index is 2410. The lowest BCUT2D eigenvalue weighted by Crippen LogP contribution is -2.50. The van der Waals surface area contributed by atoms with E-state index in [1.54, 1.807) is 113 Å². The van der Waals surface area contributed by atoms with Crippen LogP contribution in [0.3, 0.4) is 0 Å². The highest BCUT2D eigenvalue weighted by Crippen LogP contribution is 2.34. The molecule has 16 heteroatoms. The van der Waals surface area contributed by atoms with Crippen LogP contribution in [0, 0.1) is 0 Å². The number of carbonyl (C=O) groups excluding carboxylic acids is 5. The molecule has 1 amide bonds. The third-order valence-electron chi connectivity index (χ3n) is 9.63. The van der Waals surface area contributed by atoms with Gasteiger partial charge in [-0.2, -0.15) is 13.2 Å². The van der Waals surface area contributed by atoms with E-state index in [1.807, 2.05) is 6.92 Å². The zero-order valence-corrected chi connectivity index (χ0v) is 37.3. The van der Waals surface area contributed by atoms with E-state index in [0.29, 0.717) is 41.3 Å². The second-order valence-electron chi connectivity index (χ2n) is 14.2. The summed E-state index contributed by atoms with van der Waals surface area (Å²) in [5, 5.41) is 2.79. The average molecular weight is 915 g/mol. The maximum atomic E-state index is 13.5. The standard InChI is InChI=1S/C38H36F3NO8.C12H17NO3/c1-4-47-32-22-25(23-33(43)50-24-37(35(45)48-5-2,36(46)49-6-3)27-12-8-7-9-13-27)16-21-31(32)42-34(44)30-15-11-10-14-29(30)26-17-19-28(20-18-26)38(39,40)41;1-3-15-11-7-9(5-6-10(11)13)8-12(14)16-4-2/h7-22H,4-6,23-24H2,1-3H3,(H,42,44);5-7H,3-4,8,13H2,1-2H3. The summed E-state index contributed by atoms with van der Waals surface area (Å²) < 4.78 is 71.2. The molecule has 350 valence electrons. The van der Waals surface area contributed by atoms with Crippen LogP contribution in [0.2, 0.25) is 0 Å². The van der Waals surface area contributed by atoms with Crippen molar-refractivity contribution in [3.63, 3.8) is 0 Å². The van der Waals surface area contributed by atoms with Gasteiger partial charge in [0.25, 0.3) is 5.91 Å². The number of halogens is 3. The lowest BCUT2D eigenvalue weighted by Gasteiger charge is -2.29. The highest BCUT2D eigenvalue weighted by Gasteiger charge is 2.52. The Hall–Kier alpha value is -7.36. The Morgan fingerprint density at radius 1 is 0.561 bits per heavy atom. The van der Waals surface area contributed by atoms with E-state index < -0.39 is 47.6 Å². The van der Waals surface area contributed by atoms with Crippen LogP contribution >= 0.6 is 0 Å². The van der Waals surface area contributed by atoms with E-state index in [9.17, 15) is 37.1 Å². The number of carbonyl (C=O) groups is 5. The number of amides is 1. The van der Waals surface area contributed by atoms with Crippen molar-refractivity contribution >= 4 is 41.2 Å². The van der Waals surface area contributed by atoms with Gasteiger partial charge in [0.05, 0.1) is 62.8 Å². The number of rotatable bonds is 19. The molecule has 0 aromatic heterocycles. The Balaban J connectivity index is 0.000000501.